The molecule has 0 aliphatic carbocycles. The Morgan fingerprint density at radius 2 is 1.75 bits per heavy atom. The van der Waals surface area contributed by atoms with E-state index >= 15 is 0 Å². The molecule has 0 atom stereocenters. The SMILES string of the molecule is Cc1ccccc1OCC(=O)N/N=C\c1cc(Br)ccc1OC(=O)/C=C/c1ccccc1. The molecule has 1 amide bonds. The highest BCUT2D eigenvalue weighted by atomic mass is 79.9. The first kappa shape index (κ1) is 23.0. The summed E-state index contributed by atoms with van der Waals surface area (Å²) in [4.78, 5) is 24.2. The van der Waals surface area contributed by atoms with Crippen LogP contribution in [0.15, 0.2) is 88.4 Å². The van der Waals surface area contributed by atoms with Gasteiger partial charge in [0.2, 0.25) is 0 Å². The number of rotatable bonds is 8. The van der Waals surface area contributed by atoms with Gasteiger partial charge in [-0.3, -0.25) is 4.79 Å². The van der Waals surface area contributed by atoms with Crippen LogP contribution < -0.4 is 14.9 Å². The van der Waals surface area contributed by atoms with E-state index in [0.717, 1.165) is 15.6 Å². The van der Waals surface area contributed by atoms with Crippen LogP contribution in [0.1, 0.15) is 16.7 Å². The minimum absolute atomic E-state index is 0.174. The highest BCUT2D eigenvalue weighted by Gasteiger charge is 2.08. The third-order valence-electron chi connectivity index (χ3n) is 4.24. The molecule has 0 unspecified atom stereocenters. The monoisotopic (exact) mass is 492 g/mol. The Morgan fingerprint density at radius 1 is 1.00 bits per heavy atom. The molecule has 3 aromatic rings. The van der Waals surface area contributed by atoms with E-state index in [2.05, 4.69) is 26.5 Å². The van der Waals surface area contributed by atoms with Crippen LogP contribution in [0.4, 0.5) is 0 Å². The van der Waals surface area contributed by atoms with Crippen LogP contribution >= 0.6 is 15.9 Å². The van der Waals surface area contributed by atoms with Crippen LogP contribution in [0.25, 0.3) is 6.08 Å². The molecular formula is C25H21BrN2O4. The summed E-state index contributed by atoms with van der Waals surface area (Å²) in [5, 5.41) is 3.94. The molecule has 0 fully saturated rings. The van der Waals surface area contributed by atoms with Crippen molar-refractivity contribution < 1.29 is 19.1 Å². The lowest BCUT2D eigenvalue weighted by atomic mass is 10.2. The highest BCUT2D eigenvalue weighted by molar-refractivity contribution is 9.10. The molecule has 1 N–H and O–H groups in total. The minimum atomic E-state index is -0.526. The first-order chi connectivity index (χ1) is 15.5. The number of nitrogens with one attached hydrogen (secondary N) is 1. The zero-order valence-corrected chi connectivity index (χ0v) is 18.9. The second kappa shape index (κ2) is 11.6. The van der Waals surface area contributed by atoms with Crippen molar-refractivity contribution in [3.05, 3.63) is 100 Å². The number of carbonyl (C=O) groups excluding carboxylic acids is 2. The lowest BCUT2D eigenvalue weighted by molar-refractivity contribution is -0.129. The molecule has 0 bridgehead atoms. The Kier molecular flexibility index (Phi) is 8.34. The summed E-state index contributed by atoms with van der Waals surface area (Å²) in [5.74, 6) is 0.00628. The third-order valence-corrected chi connectivity index (χ3v) is 4.73. The number of aryl methyl sites for hydroxylation is 1. The molecule has 3 rings (SSSR count). The third kappa shape index (κ3) is 7.21. The van der Waals surface area contributed by atoms with Crippen molar-refractivity contribution in [2.75, 3.05) is 6.61 Å². The van der Waals surface area contributed by atoms with Crippen LogP contribution in [0.3, 0.4) is 0 Å². The van der Waals surface area contributed by atoms with E-state index < -0.39 is 11.9 Å². The number of carbonyl (C=O) groups is 2. The van der Waals surface area contributed by atoms with Gasteiger partial charge in [-0.05, 0) is 48.4 Å². The molecule has 0 radical (unpaired) electrons. The number of hydrogen-bond acceptors (Lipinski definition) is 5. The maximum Gasteiger partial charge on any atom is 0.336 e. The Bertz CT molecular complexity index is 1140. The number of amides is 1. The molecule has 7 heteroatoms. The van der Waals surface area contributed by atoms with Crippen molar-refractivity contribution >= 4 is 40.1 Å². The van der Waals surface area contributed by atoms with Crippen molar-refractivity contribution in [2.24, 2.45) is 5.10 Å². The summed E-state index contributed by atoms with van der Waals surface area (Å²) in [6.45, 7) is 1.73. The van der Waals surface area contributed by atoms with Crippen LogP contribution in [0.5, 0.6) is 11.5 Å². The number of halogens is 1. The van der Waals surface area contributed by atoms with Crippen LogP contribution in [-0.2, 0) is 9.59 Å². The summed E-state index contributed by atoms with van der Waals surface area (Å²) >= 11 is 3.38. The number of hydrogen-bond donors (Lipinski definition) is 1. The predicted octanol–water partition coefficient (Wildman–Crippen LogP) is 4.91. The largest absolute Gasteiger partial charge is 0.483 e. The maximum absolute atomic E-state index is 12.2. The number of esters is 1. The topological polar surface area (TPSA) is 77.0 Å². The first-order valence-corrected chi connectivity index (χ1v) is 10.6. The lowest BCUT2D eigenvalue weighted by Crippen LogP contribution is -2.24. The summed E-state index contributed by atoms with van der Waals surface area (Å²) in [5.41, 5.74) is 4.74. The van der Waals surface area contributed by atoms with Gasteiger partial charge in [0, 0.05) is 16.1 Å². The van der Waals surface area contributed by atoms with E-state index in [1.165, 1.54) is 12.3 Å². The van der Waals surface area contributed by atoms with Crippen LogP contribution in [-0.4, -0.2) is 24.7 Å². The average Bonchev–Trinajstić information content (AvgIpc) is 2.79. The maximum atomic E-state index is 12.2. The van der Waals surface area contributed by atoms with Gasteiger partial charge in [-0.2, -0.15) is 5.10 Å². The molecule has 0 aliphatic rings. The molecule has 0 saturated heterocycles. The number of para-hydroxylation sites is 1. The van der Waals surface area contributed by atoms with E-state index in [-0.39, 0.29) is 6.61 Å². The highest BCUT2D eigenvalue weighted by Crippen LogP contribution is 2.22. The molecular weight excluding hydrogens is 472 g/mol. The van der Waals surface area contributed by atoms with Gasteiger partial charge in [0.15, 0.2) is 6.61 Å². The summed E-state index contributed by atoms with van der Waals surface area (Å²) in [7, 11) is 0. The van der Waals surface area contributed by atoms with Crippen molar-refractivity contribution in [1.82, 2.24) is 5.43 Å². The number of nitrogens with zero attached hydrogens (tertiary/aromatic N) is 1. The molecule has 162 valence electrons. The Hall–Kier alpha value is -3.71. The Balaban J connectivity index is 1.58. The molecule has 32 heavy (non-hydrogen) atoms. The molecule has 0 saturated carbocycles. The van der Waals surface area contributed by atoms with Crippen molar-refractivity contribution in [3.63, 3.8) is 0 Å². The molecule has 3 aromatic carbocycles. The molecule has 0 aromatic heterocycles. The van der Waals surface area contributed by atoms with Gasteiger partial charge in [0.25, 0.3) is 5.91 Å². The van der Waals surface area contributed by atoms with Crippen molar-refractivity contribution in [2.45, 2.75) is 6.92 Å². The lowest BCUT2D eigenvalue weighted by Gasteiger charge is -2.08. The Morgan fingerprint density at radius 3 is 2.53 bits per heavy atom. The quantitative estimate of drug-likeness (QED) is 0.159. The van der Waals surface area contributed by atoms with Crippen molar-refractivity contribution in [1.29, 1.82) is 0 Å². The van der Waals surface area contributed by atoms with Crippen LogP contribution in [0.2, 0.25) is 0 Å². The van der Waals surface area contributed by atoms with Gasteiger partial charge in [-0.15, -0.1) is 0 Å². The zero-order valence-electron chi connectivity index (χ0n) is 17.3. The first-order valence-electron chi connectivity index (χ1n) is 9.76. The van der Waals surface area contributed by atoms with E-state index in [1.54, 1.807) is 30.3 Å². The van der Waals surface area contributed by atoms with Gasteiger partial charge < -0.3 is 9.47 Å². The molecule has 6 nitrogen and oxygen atoms in total. The number of ether oxygens (including phenoxy) is 2. The van der Waals surface area contributed by atoms with E-state index in [9.17, 15) is 9.59 Å². The smallest absolute Gasteiger partial charge is 0.336 e. The predicted molar refractivity (Wildman–Crippen MR) is 128 cm³/mol. The molecule has 0 aliphatic heterocycles. The number of hydrazone groups is 1. The second-order valence-electron chi connectivity index (χ2n) is 6.69. The fourth-order valence-electron chi connectivity index (χ4n) is 2.65. The number of benzene rings is 3. The van der Waals surface area contributed by atoms with E-state index in [1.807, 2.05) is 55.5 Å². The van der Waals surface area contributed by atoms with Gasteiger partial charge in [0.05, 0.1) is 6.21 Å². The Labute approximate surface area is 194 Å². The van der Waals surface area contributed by atoms with E-state index in [4.69, 9.17) is 9.47 Å². The summed E-state index contributed by atoms with van der Waals surface area (Å²) < 4.78 is 11.7. The standard InChI is InChI=1S/C25H21BrN2O4/c1-18-7-5-6-10-22(18)31-17-24(29)28-27-16-20-15-21(26)12-13-23(20)32-25(30)14-11-19-8-3-2-4-9-19/h2-16H,17H2,1H3,(H,28,29)/b14-11+,27-16-. The average molecular weight is 493 g/mol. The molecule has 0 heterocycles. The van der Waals surface area contributed by atoms with Gasteiger partial charge in [-0.25, -0.2) is 10.2 Å². The van der Waals surface area contributed by atoms with Crippen LogP contribution in [0, 0.1) is 6.92 Å². The van der Waals surface area contributed by atoms with Gasteiger partial charge >= 0.3 is 5.97 Å². The van der Waals surface area contributed by atoms with Gasteiger partial charge in [0.1, 0.15) is 11.5 Å². The summed E-state index contributed by atoms with van der Waals surface area (Å²) in [6, 6.07) is 22.0. The summed E-state index contributed by atoms with van der Waals surface area (Å²) in [6.07, 6.45) is 4.42. The second-order valence-corrected chi connectivity index (χ2v) is 7.61. The van der Waals surface area contributed by atoms with Crippen molar-refractivity contribution in [3.8, 4) is 11.5 Å². The molecule has 0 spiro atoms. The minimum Gasteiger partial charge on any atom is -0.483 e. The fraction of sp³-hybridized carbons (Fsp3) is 0.0800. The van der Waals surface area contributed by atoms with Gasteiger partial charge in [-0.1, -0.05) is 64.5 Å². The van der Waals surface area contributed by atoms with E-state index in [0.29, 0.717) is 17.1 Å². The zero-order chi connectivity index (χ0) is 22.8. The normalized spacial score (nSPS) is 10.9. The fourth-order valence-corrected chi connectivity index (χ4v) is 3.03.